The SMILES string of the molecule is CN=C(NCCc1cccc(Cl)c1)N1CCN(C(=O)C2CCCO2)CC1. The molecule has 1 aromatic carbocycles. The van der Waals surface area contributed by atoms with E-state index >= 15 is 0 Å². The number of piperazine rings is 1. The molecule has 0 bridgehead atoms. The van der Waals surface area contributed by atoms with Crippen LogP contribution in [-0.4, -0.2) is 74.1 Å². The fourth-order valence-corrected chi connectivity index (χ4v) is 3.67. The number of benzene rings is 1. The number of rotatable bonds is 4. The first-order chi connectivity index (χ1) is 12.7. The summed E-state index contributed by atoms with van der Waals surface area (Å²) in [7, 11) is 1.80. The maximum atomic E-state index is 12.4. The van der Waals surface area contributed by atoms with Crippen molar-refractivity contribution < 1.29 is 9.53 Å². The minimum atomic E-state index is -0.225. The highest BCUT2D eigenvalue weighted by molar-refractivity contribution is 6.30. The van der Waals surface area contributed by atoms with Crippen molar-refractivity contribution in [3.8, 4) is 0 Å². The summed E-state index contributed by atoms with van der Waals surface area (Å²) < 4.78 is 5.52. The predicted octanol–water partition coefficient (Wildman–Crippen LogP) is 1.78. The number of guanidine groups is 1. The molecule has 1 amide bonds. The van der Waals surface area contributed by atoms with Gasteiger partial charge in [-0.1, -0.05) is 23.7 Å². The highest BCUT2D eigenvalue weighted by atomic mass is 35.5. The summed E-state index contributed by atoms with van der Waals surface area (Å²) in [6.45, 7) is 4.51. The largest absolute Gasteiger partial charge is 0.368 e. The maximum absolute atomic E-state index is 12.4. The van der Waals surface area contributed by atoms with Crippen LogP contribution in [0.25, 0.3) is 0 Å². The van der Waals surface area contributed by atoms with Crippen molar-refractivity contribution >= 4 is 23.5 Å². The van der Waals surface area contributed by atoms with E-state index in [1.807, 2.05) is 23.1 Å². The number of nitrogens with zero attached hydrogens (tertiary/aromatic N) is 3. The zero-order valence-corrected chi connectivity index (χ0v) is 16.0. The van der Waals surface area contributed by atoms with Gasteiger partial charge in [0.2, 0.25) is 0 Å². The number of carbonyl (C=O) groups excluding carboxylic acids is 1. The third-order valence-corrected chi connectivity index (χ3v) is 5.13. The van der Waals surface area contributed by atoms with Gasteiger partial charge in [0.25, 0.3) is 5.91 Å². The monoisotopic (exact) mass is 378 g/mol. The molecule has 26 heavy (non-hydrogen) atoms. The van der Waals surface area contributed by atoms with Crippen molar-refractivity contribution in [2.24, 2.45) is 4.99 Å². The Hall–Kier alpha value is -1.79. The molecule has 7 heteroatoms. The van der Waals surface area contributed by atoms with E-state index < -0.39 is 0 Å². The summed E-state index contributed by atoms with van der Waals surface area (Å²) in [5.74, 6) is 1.03. The highest BCUT2D eigenvalue weighted by Crippen LogP contribution is 2.16. The van der Waals surface area contributed by atoms with Gasteiger partial charge >= 0.3 is 0 Å². The Labute approximate surface area is 160 Å². The molecule has 2 fully saturated rings. The lowest BCUT2D eigenvalue weighted by molar-refractivity contribution is -0.142. The molecule has 2 heterocycles. The van der Waals surface area contributed by atoms with Gasteiger partial charge in [0.15, 0.2) is 5.96 Å². The van der Waals surface area contributed by atoms with Gasteiger partial charge in [-0.2, -0.15) is 0 Å². The molecule has 0 spiro atoms. The molecule has 2 aliphatic rings. The number of amides is 1. The molecule has 1 unspecified atom stereocenters. The first kappa shape index (κ1) is 19.0. The number of aliphatic imine (C=N–C) groups is 1. The van der Waals surface area contributed by atoms with Crippen LogP contribution in [-0.2, 0) is 16.0 Å². The van der Waals surface area contributed by atoms with Crippen LogP contribution in [0.15, 0.2) is 29.3 Å². The van der Waals surface area contributed by atoms with Gasteiger partial charge in [0.05, 0.1) is 0 Å². The lowest BCUT2D eigenvalue weighted by atomic mass is 10.1. The molecule has 0 aliphatic carbocycles. The topological polar surface area (TPSA) is 57.2 Å². The molecular formula is C19H27ClN4O2. The van der Waals surface area contributed by atoms with Crippen LogP contribution in [0, 0.1) is 0 Å². The molecule has 142 valence electrons. The first-order valence-electron chi connectivity index (χ1n) is 9.28. The number of halogens is 1. The summed E-state index contributed by atoms with van der Waals surface area (Å²) in [5.41, 5.74) is 1.20. The minimum Gasteiger partial charge on any atom is -0.368 e. The highest BCUT2D eigenvalue weighted by Gasteiger charge is 2.30. The van der Waals surface area contributed by atoms with Gasteiger partial charge in [0.1, 0.15) is 6.10 Å². The smallest absolute Gasteiger partial charge is 0.251 e. The third-order valence-electron chi connectivity index (χ3n) is 4.89. The summed E-state index contributed by atoms with van der Waals surface area (Å²) in [4.78, 5) is 20.9. The fraction of sp³-hybridized carbons (Fsp3) is 0.579. The van der Waals surface area contributed by atoms with Crippen molar-refractivity contribution in [1.29, 1.82) is 0 Å². The quantitative estimate of drug-likeness (QED) is 0.641. The van der Waals surface area contributed by atoms with E-state index in [-0.39, 0.29) is 12.0 Å². The van der Waals surface area contributed by atoms with Crippen molar-refractivity contribution in [2.75, 3.05) is 46.4 Å². The minimum absolute atomic E-state index is 0.144. The Bertz CT molecular complexity index is 638. The number of hydrogen-bond acceptors (Lipinski definition) is 3. The first-order valence-corrected chi connectivity index (χ1v) is 9.65. The van der Waals surface area contributed by atoms with Gasteiger partial charge in [0, 0.05) is 51.4 Å². The van der Waals surface area contributed by atoms with Crippen LogP contribution in [0.1, 0.15) is 18.4 Å². The molecule has 1 aromatic rings. The van der Waals surface area contributed by atoms with Gasteiger partial charge in [-0.25, -0.2) is 0 Å². The van der Waals surface area contributed by atoms with Crippen LogP contribution >= 0.6 is 11.6 Å². The number of nitrogens with one attached hydrogen (secondary N) is 1. The second kappa shape index (κ2) is 9.24. The molecule has 2 saturated heterocycles. The number of carbonyl (C=O) groups is 1. The van der Waals surface area contributed by atoms with E-state index in [0.29, 0.717) is 19.7 Å². The average Bonchev–Trinajstić information content (AvgIpc) is 3.20. The van der Waals surface area contributed by atoms with Gasteiger partial charge in [-0.15, -0.1) is 0 Å². The lowest BCUT2D eigenvalue weighted by Gasteiger charge is -2.37. The van der Waals surface area contributed by atoms with Crippen LogP contribution in [0.4, 0.5) is 0 Å². The van der Waals surface area contributed by atoms with Crippen LogP contribution < -0.4 is 5.32 Å². The lowest BCUT2D eigenvalue weighted by Crippen LogP contribution is -2.55. The summed E-state index contributed by atoms with van der Waals surface area (Å²) >= 11 is 6.03. The standard InChI is InChI=1S/C19H27ClN4O2/c1-21-19(22-8-7-15-4-2-5-16(20)14-15)24-11-9-23(10-12-24)18(25)17-6-3-13-26-17/h2,4-5,14,17H,3,6-13H2,1H3,(H,21,22). The van der Waals surface area contributed by atoms with Crippen LogP contribution in [0.3, 0.4) is 0 Å². The van der Waals surface area contributed by atoms with Gasteiger partial charge in [-0.3, -0.25) is 9.79 Å². The van der Waals surface area contributed by atoms with E-state index in [1.54, 1.807) is 7.05 Å². The van der Waals surface area contributed by atoms with E-state index in [1.165, 1.54) is 5.56 Å². The van der Waals surface area contributed by atoms with E-state index in [9.17, 15) is 4.79 Å². The second-order valence-corrected chi connectivity index (χ2v) is 7.10. The number of ether oxygens (including phenoxy) is 1. The number of hydrogen-bond donors (Lipinski definition) is 1. The normalized spacial score (nSPS) is 21.2. The Morgan fingerprint density at radius 2 is 2.08 bits per heavy atom. The zero-order chi connectivity index (χ0) is 18.4. The van der Waals surface area contributed by atoms with Crippen molar-refractivity contribution in [2.45, 2.75) is 25.4 Å². The second-order valence-electron chi connectivity index (χ2n) is 6.67. The van der Waals surface area contributed by atoms with Gasteiger partial charge < -0.3 is 19.9 Å². The van der Waals surface area contributed by atoms with E-state index in [0.717, 1.165) is 49.9 Å². The molecule has 6 nitrogen and oxygen atoms in total. The fourth-order valence-electron chi connectivity index (χ4n) is 3.46. The van der Waals surface area contributed by atoms with E-state index in [2.05, 4.69) is 21.3 Å². The Morgan fingerprint density at radius 3 is 2.73 bits per heavy atom. The van der Waals surface area contributed by atoms with Crippen molar-refractivity contribution in [3.05, 3.63) is 34.9 Å². The molecule has 1 atom stereocenters. The molecule has 1 N–H and O–H groups in total. The van der Waals surface area contributed by atoms with E-state index in [4.69, 9.17) is 16.3 Å². The molecule has 0 aromatic heterocycles. The summed E-state index contributed by atoms with van der Waals surface area (Å²) in [6.07, 6.45) is 2.50. The molecule has 0 radical (unpaired) electrons. The van der Waals surface area contributed by atoms with Gasteiger partial charge in [-0.05, 0) is 37.0 Å². The third kappa shape index (κ3) is 4.89. The molecular weight excluding hydrogens is 352 g/mol. The molecule has 0 saturated carbocycles. The van der Waals surface area contributed by atoms with Crippen LogP contribution in [0.2, 0.25) is 5.02 Å². The Morgan fingerprint density at radius 1 is 1.31 bits per heavy atom. The average molecular weight is 379 g/mol. The van der Waals surface area contributed by atoms with Crippen molar-refractivity contribution in [1.82, 2.24) is 15.1 Å². The predicted molar refractivity (Wildman–Crippen MR) is 104 cm³/mol. The Kier molecular flexibility index (Phi) is 6.74. The van der Waals surface area contributed by atoms with Crippen molar-refractivity contribution in [3.63, 3.8) is 0 Å². The molecule has 2 aliphatic heterocycles. The summed E-state index contributed by atoms with van der Waals surface area (Å²) in [5, 5.41) is 4.17. The Balaban J connectivity index is 1.44. The zero-order valence-electron chi connectivity index (χ0n) is 15.3. The maximum Gasteiger partial charge on any atom is 0.251 e. The summed E-state index contributed by atoms with van der Waals surface area (Å²) in [6, 6.07) is 7.92. The van der Waals surface area contributed by atoms with Crippen LogP contribution in [0.5, 0.6) is 0 Å². The molecule has 3 rings (SSSR count).